The Balaban J connectivity index is 1.57. The normalized spacial score (nSPS) is 25.2. The molecule has 2 aliphatic rings. The third-order valence-corrected chi connectivity index (χ3v) is 4.71. The summed E-state index contributed by atoms with van der Waals surface area (Å²) in [7, 11) is 0. The number of rotatable bonds is 3. The molecule has 1 unspecified atom stereocenters. The van der Waals surface area contributed by atoms with Crippen LogP contribution in [-0.4, -0.2) is 55.2 Å². The molecule has 2 saturated heterocycles. The Kier molecular flexibility index (Phi) is 4.71. The second-order valence-corrected chi connectivity index (χ2v) is 6.48. The molecule has 1 atom stereocenters. The van der Waals surface area contributed by atoms with E-state index in [1.165, 1.54) is 6.42 Å². The summed E-state index contributed by atoms with van der Waals surface area (Å²) < 4.78 is 20.1. The zero-order valence-electron chi connectivity index (χ0n) is 11.5. The van der Waals surface area contributed by atoms with Crippen LogP contribution in [0.3, 0.4) is 0 Å². The van der Waals surface area contributed by atoms with Crippen LogP contribution < -0.4 is 0 Å². The number of halogens is 2. The van der Waals surface area contributed by atoms with E-state index in [0.717, 1.165) is 49.4 Å². The van der Waals surface area contributed by atoms with Crippen molar-refractivity contribution in [3.8, 4) is 0 Å². The Morgan fingerprint density at radius 3 is 2.80 bits per heavy atom. The standard InChI is InChI=1S/C15H20BrFN2O/c16-13-2-1-12(15(17)9-13)10-18-4-3-14(11-18)19-5-7-20-8-6-19/h1-2,9,14H,3-8,10-11H2. The van der Waals surface area contributed by atoms with Gasteiger partial charge >= 0.3 is 0 Å². The summed E-state index contributed by atoms with van der Waals surface area (Å²) in [5, 5.41) is 0. The van der Waals surface area contributed by atoms with Gasteiger partial charge in [-0.15, -0.1) is 0 Å². The van der Waals surface area contributed by atoms with Crippen LogP contribution in [-0.2, 0) is 11.3 Å². The number of hydrogen-bond acceptors (Lipinski definition) is 3. The van der Waals surface area contributed by atoms with Crippen molar-refractivity contribution < 1.29 is 9.13 Å². The van der Waals surface area contributed by atoms with Gasteiger partial charge in [0.15, 0.2) is 0 Å². The molecule has 0 aliphatic carbocycles. The van der Waals surface area contributed by atoms with Gasteiger partial charge in [-0.1, -0.05) is 22.0 Å². The van der Waals surface area contributed by atoms with Crippen LogP contribution in [0.25, 0.3) is 0 Å². The molecule has 3 rings (SSSR count). The van der Waals surface area contributed by atoms with Crippen molar-refractivity contribution in [2.45, 2.75) is 19.0 Å². The Morgan fingerprint density at radius 2 is 2.05 bits per heavy atom. The highest BCUT2D eigenvalue weighted by atomic mass is 79.9. The van der Waals surface area contributed by atoms with E-state index in [1.807, 2.05) is 12.1 Å². The zero-order valence-corrected chi connectivity index (χ0v) is 13.1. The first-order chi connectivity index (χ1) is 9.72. The molecule has 5 heteroatoms. The van der Waals surface area contributed by atoms with Crippen LogP contribution in [0.15, 0.2) is 22.7 Å². The molecule has 2 fully saturated rings. The van der Waals surface area contributed by atoms with E-state index in [-0.39, 0.29) is 5.82 Å². The summed E-state index contributed by atoms with van der Waals surface area (Å²) >= 11 is 3.30. The Bertz CT molecular complexity index is 465. The Hall–Kier alpha value is -0.490. The highest BCUT2D eigenvalue weighted by Gasteiger charge is 2.28. The lowest BCUT2D eigenvalue weighted by atomic mass is 10.2. The van der Waals surface area contributed by atoms with Gasteiger partial charge in [0.2, 0.25) is 0 Å². The highest BCUT2D eigenvalue weighted by molar-refractivity contribution is 9.10. The fraction of sp³-hybridized carbons (Fsp3) is 0.600. The largest absolute Gasteiger partial charge is 0.379 e. The average Bonchev–Trinajstić information content (AvgIpc) is 2.92. The number of hydrogen-bond donors (Lipinski definition) is 0. The van der Waals surface area contributed by atoms with Crippen LogP contribution in [0.1, 0.15) is 12.0 Å². The van der Waals surface area contributed by atoms with E-state index in [9.17, 15) is 4.39 Å². The van der Waals surface area contributed by atoms with Crippen LogP contribution in [0.5, 0.6) is 0 Å². The van der Waals surface area contributed by atoms with E-state index in [0.29, 0.717) is 12.6 Å². The molecule has 0 bridgehead atoms. The number of likely N-dealkylation sites (tertiary alicyclic amines) is 1. The van der Waals surface area contributed by atoms with E-state index in [2.05, 4.69) is 25.7 Å². The van der Waals surface area contributed by atoms with E-state index in [4.69, 9.17) is 4.74 Å². The number of ether oxygens (including phenoxy) is 1. The Labute approximate surface area is 127 Å². The van der Waals surface area contributed by atoms with E-state index in [1.54, 1.807) is 6.07 Å². The minimum Gasteiger partial charge on any atom is -0.379 e. The summed E-state index contributed by atoms with van der Waals surface area (Å²) in [5.74, 6) is -0.116. The number of benzene rings is 1. The van der Waals surface area contributed by atoms with Gasteiger partial charge in [-0.3, -0.25) is 9.80 Å². The molecule has 0 aromatic heterocycles. The molecule has 0 N–H and O–H groups in total. The zero-order chi connectivity index (χ0) is 13.9. The molecule has 0 amide bonds. The molecule has 3 nitrogen and oxygen atoms in total. The molecule has 2 aliphatic heterocycles. The summed E-state index contributed by atoms with van der Waals surface area (Å²) in [6, 6.07) is 5.94. The van der Waals surface area contributed by atoms with Gasteiger partial charge in [-0.05, 0) is 18.6 Å². The van der Waals surface area contributed by atoms with Gasteiger partial charge in [0.25, 0.3) is 0 Å². The first-order valence-corrected chi connectivity index (χ1v) is 8.00. The SMILES string of the molecule is Fc1cc(Br)ccc1CN1CCC(N2CCOCC2)C1. The fourth-order valence-corrected chi connectivity index (χ4v) is 3.42. The van der Waals surface area contributed by atoms with Crippen LogP contribution in [0.4, 0.5) is 4.39 Å². The van der Waals surface area contributed by atoms with Crippen LogP contribution in [0.2, 0.25) is 0 Å². The molecule has 2 heterocycles. The minimum absolute atomic E-state index is 0.116. The van der Waals surface area contributed by atoms with Crippen molar-refractivity contribution >= 4 is 15.9 Å². The van der Waals surface area contributed by atoms with Crippen molar-refractivity contribution in [3.63, 3.8) is 0 Å². The maximum absolute atomic E-state index is 13.9. The monoisotopic (exact) mass is 342 g/mol. The van der Waals surface area contributed by atoms with Gasteiger partial charge in [-0.2, -0.15) is 0 Å². The lowest BCUT2D eigenvalue weighted by Gasteiger charge is -2.32. The summed E-state index contributed by atoms with van der Waals surface area (Å²) in [5.41, 5.74) is 0.788. The molecule has 1 aromatic rings. The maximum atomic E-state index is 13.9. The fourth-order valence-electron chi connectivity index (χ4n) is 3.09. The Morgan fingerprint density at radius 1 is 1.25 bits per heavy atom. The third kappa shape index (κ3) is 3.39. The van der Waals surface area contributed by atoms with Crippen molar-refractivity contribution in [3.05, 3.63) is 34.1 Å². The van der Waals surface area contributed by atoms with Gasteiger partial charge in [0.05, 0.1) is 13.2 Å². The lowest BCUT2D eigenvalue weighted by Crippen LogP contribution is -2.44. The topological polar surface area (TPSA) is 15.7 Å². The number of nitrogens with zero attached hydrogens (tertiary/aromatic N) is 2. The van der Waals surface area contributed by atoms with Crippen LogP contribution in [0, 0.1) is 5.82 Å². The quantitative estimate of drug-likeness (QED) is 0.839. The molecule has 110 valence electrons. The van der Waals surface area contributed by atoms with Gasteiger partial charge < -0.3 is 4.74 Å². The summed E-state index contributed by atoms with van der Waals surface area (Å²) in [6.45, 7) is 6.55. The molecule has 0 spiro atoms. The molecule has 0 radical (unpaired) electrons. The molecular weight excluding hydrogens is 323 g/mol. The number of morpholine rings is 1. The molecule has 20 heavy (non-hydrogen) atoms. The second kappa shape index (κ2) is 6.52. The van der Waals surface area contributed by atoms with Crippen LogP contribution >= 0.6 is 15.9 Å². The van der Waals surface area contributed by atoms with E-state index < -0.39 is 0 Å². The third-order valence-electron chi connectivity index (χ3n) is 4.22. The second-order valence-electron chi connectivity index (χ2n) is 5.56. The van der Waals surface area contributed by atoms with E-state index >= 15 is 0 Å². The maximum Gasteiger partial charge on any atom is 0.128 e. The predicted octanol–water partition coefficient (Wildman–Crippen LogP) is 2.49. The first kappa shape index (κ1) is 14.4. The summed E-state index contributed by atoms with van der Waals surface area (Å²) in [4.78, 5) is 4.87. The van der Waals surface area contributed by atoms with Gasteiger partial charge in [0.1, 0.15) is 5.82 Å². The van der Waals surface area contributed by atoms with Crippen molar-refractivity contribution in [1.82, 2.24) is 9.80 Å². The molecule has 1 aromatic carbocycles. The minimum atomic E-state index is -0.116. The highest BCUT2D eigenvalue weighted by Crippen LogP contribution is 2.21. The molecule has 0 saturated carbocycles. The van der Waals surface area contributed by atoms with Crippen molar-refractivity contribution in [1.29, 1.82) is 0 Å². The molecular formula is C15H20BrFN2O. The first-order valence-electron chi connectivity index (χ1n) is 7.20. The van der Waals surface area contributed by atoms with Gasteiger partial charge in [0, 0.05) is 48.8 Å². The van der Waals surface area contributed by atoms with Crippen molar-refractivity contribution in [2.75, 3.05) is 39.4 Å². The predicted molar refractivity (Wildman–Crippen MR) is 80.2 cm³/mol. The lowest BCUT2D eigenvalue weighted by molar-refractivity contribution is 0.0183. The summed E-state index contributed by atoms with van der Waals surface area (Å²) in [6.07, 6.45) is 1.18. The smallest absolute Gasteiger partial charge is 0.128 e. The van der Waals surface area contributed by atoms with Gasteiger partial charge in [-0.25, -0.2) is 4.39 Å². The average molecular weight is 343 g/mol. The van der Waals surface area contributed by atoms with Crippen molar-refractivity contribution in [2.24, 2.45) is 0 Å².